The molecule has 2 amide bonds. The fourth-order valence-corrected chi connectivity index (χ4v) is 4.39. The van der Waals surface area contributed by atoms with Crippen LogP contribution in [0.2, 0.25) is 0 Å². The van der Waals surface area contributed by atoms with Crippen LogP contribution in [0.3, 0.4) is 0 Å². The van der Waals surface area contributed by atoms with E-state index in [9.17, 15) is 9.59 Å². The highest BCUT2D eigenvalue weighted by Gasteiger charge is 2.24. The van der Waals surface area contributed by atoms with E-state index in [0.717, 1.165) is 43.7 Å². The van der Waals surface area contributed by atoms with Crippen molar-refractivity contribution in [2.75, 3.05) is 37.0 Å². The predicted molar refractivity (Wildman–Crippen MR) is 146 cm³/mol. The maximum atomic E-state index is 12.8. The number of hydrogen-bond acceptors (Lipinski definition) is 8. The SMILES string of the molecule is CCOC1=C/CCC=C(Nc2nc(N3CCCC(NC(=O)c4ccc(OC)cc4)C3)cnc2C(N)=O)/C=C\1. The molecule has 2 aliphatic rings. The second kappa shape index (κ2) is 12.8. The van der Waals surface area contributed by atoms with Gasteiger partial charge < -0.3 is 30.7 Å². The minimum Gasteiger partial charge on any atom is -0.497 e. The fourth-order valence-electron chi connectivity index (χ4n) is 4.39. The number of rotatable bonds is 9. The third-order valence-electron chi connectivity index (χ3n) is 6.30. The molecule has 10 nitrogen and oxygen atoms in total. The second-order valence-electron chi connectivity index (χ2n) is 9.01. The summed E-state index contributed by atoms with van der Waals surface area (Å²) in [7, 11) is 1.59. The number of hydrogen-bond donors (Lipinski definition) is 3. The van der Waals surface area contributed by atoms with Gasteiger partial charge in [0, 0.05) is 30.4 Å². The van der Waals surface area contributed by atoms with Crippen molar-refractivity contribution in [1.29, 1.82) is 0 Å². The average Bonchev–Trinajstić information content (AvgIpc) is 2.92. The van der Waals surface area contributed by atoms with Crippen molar-refractivity contribution in [3.8, 4) is 5.75 Å². The molecular weight excluding hydrogens is 484 g/mol. The lowest BCUT2D eigenvalue weighted by Crippen LogP contribution is -2.48. The minimum atomic E-state index is -0.667. The lowest BCUT2D eigenvalue weighted by molar-refractivity contribution is 0.0931. The maximum absolute atomic E-state index is 12.8. The van der Waals surface area contributed by atoms with Crippen LogP contribution in [0.25, 0.3) is 0 Å². The summed E-state index contributed by atoms with van der Waals surface area (Å²) < 4.78 is 10.8. The first-order valence-corrected chi connectivity index (χ1v) is 12.8. The molecule has 1 fully saturated rings. The van der Waals surface area contributed by atoms with Crippen molar-refractivity contribution < 1.29 is 19.1 Å². The first-order chi connectivity index (χ1) is 18.5. The molecule has 1 aromatic heterocycles. The molecule has 0 spiro atoms. The smallest absolute Gasteiger partial charge is 0.271 e. The highest BCUT2D eigenvalue weighted by molar-refractivity contribution is 5.96. The number of nitrogens with zero attached hydrogens (tertiary/aromatic N) is 3. The molecule has 1 aliphatic heterocycles. The van der Waals surface area contributed by atoms with Crippen LogP contribution < -0.4 is 26.0 Å². The number of benzene rings is 1. The van der Waals surface area contributed by atoms with Crippen LogP contribution in [0.1, 0.15) is 53.5 Å². The molecule has 0 radical (unpaired) electrons. The highest BCUT2D eigenvalue weighted by atomic mass is 16.5. The number of anilines is 2. The molecule has 4 N–H and O–H groups in total. The van der Waals surface area contributed by atoms with Gasteiger partial charge in [-0.25, -0.2) is 9.97 Å². The van der Waals surface area contributed by atoms with E-state index in [2.05, 4.69) is 20.5 Å². The second-order valence-corrected chi connectivity index (χ2v) is 9.01. The third kappa shape index (κ3) is 6.90. The van der Waals surface area contributed by atoms with Crippen molar-refractivity contribution in [3.63, 3.8) is 0 Å². The zero-order valence-corrected chi connectivity index (χ0v) is 21.8. The standard InChI is InChI=1S/C28H34N6O4/c1-3-38-23-9-5-4-7-20(12-15-23)31-27-25(26(29)35)30-17-24(33-27)34-16-6-8-21(18-34)32-28(36)19-10-13-22(37-2)14-11-19/h7,9-15,17,21H,3-6,8,16,18H2,1-2H3,(H2,29,35)(H,31,33)(H,32,36)/b15-12-,20-7?,23-9+. The van der Waals surface area contributed by atoms with E-state index in [4.69, 9.17) is 20.2 Å². The van der Waals surface area contributed by atoms with E-state index in [-0.39, 0.29) is 23.5 Å². The third-order valence-corrected chi connectivity index (χ3v) is 6.30. The van der Waals surface area contributed by atoms with Gasteiger partial charge in [0.2, 0.25) is 0 Å². The fraction of sp³-hybridized carbons (Fsp3) is 0.357. The van der Waals surface area contributed by atoms with Crippen molar-refractivity contribution in [3.05, 3.63) is 77.5 Å². The molecule has 38 heavy (non-hydrogen) atoms. The van der Waals surface area contributed by atoms with Gasteiger partial charge in [0.1, 0.15) is 17.3 Å². The van der Waals surface area contributed by atoms with Gasteiger partial charge in [-0.05, 0) is 75.1 Å². The number of piperidine rings is 1. The Morgan fingerprint density at radius 2 is 1.95 bits per heavy atom. The zero-order valence-electron chi connectivity index (χ0n) is 21.8. The van der Waals surface area contributed by atoms with Crippen LogP contribution in [-0.4, -0.2) is 54.6 Å². The summed E-state index contributed by atoms with van der Waals surface area (Å²) in [5.41, 5.74) is 7.00. The van der Waals surface area contributed by atoms with E-state index < -0.39 is 5.91 Å². The van der Waals surface area contributed by atoms with Gasteiger partial charge in [-0.1, -0.05) is 6.08 Å². The Morgan fingerprint density at radius 3 is 2.68 bits per heavy atom. The lowest BCUT2D eigenvalue weighted by atomic mass is 10.0. The van der Waals surface area contributed by atoms with E-state index in [1.54, 1.807) is 37.6 Å². The Hall–Kier alpha value is -4.34. The topological polar surface area (TPSA) is 132 Å². The van der Waals surface area contributed by atoms with Crippen LogP contribution in [0.4, 0.5) is 11.6 Å². The van der Waals surface area contributed by atoms with E-state index >= 15 is 0 Å². The van der Waals surface area contributed by atoms with E-state index in [1.807, 2.05) is 31.2 Å². The van der Waals surface area contributed by atoms with Gasteiger partial charge in [0.15, 0.2) is 11.5 Å². The number of nitrogens with two attached hydrogens (primary N) is 1. The Bertz CT molecular complexity index is 1240. The predicted octanol–water partition coefficient (Wildman–Crippen LogP) is 3.55. The largest absolute Gasteiger partial charge is 0.497 e. The zero-order chi connectivity index (χ0) is 26.9. The molecule has 1 aliphatic carbocycles. The summed E-state index contributed by atoms with van der Waals surface area (Å²) in [5, 5.41) is 6.34. The molecule has 200 valence electrons. The van der Waals surface area contributed by atoms with Gasteiger partial charge in [0.05, 0.1) is 19.9 Å². The molecule has 1 unspecified atom stereocenters. The molecule has 1 saturated heterocycles. The summed E-state index contributed by atoms with van der Waals surface area (Å²) >= 11 is 0. The quantitative estimate of drug-likeness (QED) is 0.459. The summed E-state index contributed by atoms with van der Waals surface area (Å²) in [6.45, 7) is 3.85. The summed E-state index contributed by atoms with van der Waals surface area (Å²) in [4.78, 5) is 36.0. The van der Waals surface area contributed by atoms with Crippen molar-refractivity contribution in [2.24, 2.45) is 5.73 Å². The van der Waals surface area contributed by atoms with Gasteiger partial charge in [0.25, 0.3) is 11.8 Å². The lowest BCUT2D eigenvalue weighted by Gasteiger charge is -2.34. The number of amides is 2. The van der Waals surface area contributed by atoms with Crippen LogP contribution in [-0.2, 0) is 4.74 Å². The van der Waals surface area contributed by atoms with Gasteiger partial charge in [-0.3, -0.25) is 9.59 Å². The molecule has 4 rings (SSSR count). The van der Waals surface area contributed by atoms with Crippen LogP contribution in [0.15, 0.2) is 66.2 Å². The van der Waals surface area contributed by atoms with E-state index in [1.165, 1.54) is 0 Å². The number of primary amides is 1. The van der Waals surface area contributed by atoms with Gasteiger partial charge in [-0.15, -0.1) is 0 Å². The monoisotopic (exact) mass is 518 g/mol. The first kappa shape index (κ1) is 26.7. The van der Waals surface area contributed by atoms with Gasteiger partial charge >= 0.3 is 0 Å². The highest BCUT2D eigenvalue weighted by Crippen LogP contribution is 2.23. The first-order valence-electron chi connectivity index (χ1n) is 12.8. The number of nitrogens with one attached hydrogen (secondary N) is 2. The Kier molecular flexibility index (Phi) is 8.97. The Balaban J connectivity index is 1.48. The normalized spacial score (nSPS) is 19.6. The van der Waals surface area contributed by atoms with Crippen LogP contribution >= 0.6 is 0 Å². The van der Waals surface area contributed by atoms with Crippen LogP contribution in [0, 0.1) is 0 Å². The van der Waals surface area contributed by atoms with E-state index in [0.29, 0.717) is 30.3 Å². The molecule has 10 heteroatoms. The minimum absolute atomic E-state index is 0.0621. The molecule has 1 aromatic carbocycles. The molecule has 0 saturated carbocycles. The molecular formula is C28H34N6O4. The number of carbonyl (C=O) groups excluding carboxylic acids is 2. The molecule has 0 bridgehead atoms. The number of aromatic nitrogens is 2. The van der Waals surface area contributed by atoms with Crippen molar-refractivity contribution >= 4 is 23.5 Å². The summed E-state index contributed by atoms with van der Waals surface area (Å²) in [5.74, 6) is 1.58. The molecule has 2 aromatic rings. The summed E-state index contributed by atoms with van der Waals surface area (Å²) in [6.07, 6.45) is 12.7. The Morgan fingerprint density at radius 1 is 1.16 bits per heavy atom. The number of ether oxygens (including phenoxy) is 2. The van der Waals surface area contributed by atoms with Crippen molar-refractivity contribution in [1.82, 2.24) is 15.3 Å². The Labute approximate surface area is 222 Å². The molecule has 2 heterocycles. The molecule has 1 atom stereocenters. The van der Waals surface area contributed by atoms with Crippen LogP contribution in [0.5, 0.6) is 5.75 Å². The number of methoxy groups -OCH3 is 1. The maximum Gasteiger partial charge on any atom is 0.271 e. The van der Waals surface area contributed by atoms with Gasteiger partial charge in [-0.2, -0.15) is 0 Å². The van der Waals surface area contributed by atoms with Crippen molar-refractivity contribution in [2.45, 2.75) is 38.6 Å². The average molecular weight is 519 g/mol. The number of allylic oxidation sites excluding steroid dienone is 4. The number of carbonyl (C=O) groups is 2. The summed E-state index contributed by atoms with van der Waals surface area (Å²) in [6, 6.07) is 6.95.